The third kappa shape index (κ3) is 2.10. The second-order valence-corrected chi connectivity index (χ2v) is 4.36. The molecular formula is C7H6BrN5S. The molecule has 0 aliphatic rings. The van der Waals surface area contributed by atoms with Crippen molar-refractivity contribution in [2.75, 3.05) is 0 Å². The van der Waals surface area contributed by atoms with E-state index in [1.165, 1.54) is 11.8 Å². The summed E-state index contributed by atoms with van der Waals surface area (Å²) < 4.78 is 2.68. The van der Waals surface area contributed by atoms with Gasteiger partial charge in [-0.1, -0.05) is 0 Å². The van der Waals surface area contributed by atoms with E-state index in [9.17, 15) is 0 Å². The molecule has 2 aromatic heterocycles. The molecule has 0 spiro atoms. The van der Waals surface area contributed by atoms with Crippen LogP contribution in [0.3, 0.4) is 0 Å². The van der Waals surface area contributed by atoms with Crippen LogP contribution in [0.2, 0.25) is 0 Å². The Kier molecular flexibility index (Phi) is 2.78. The third-order valence-electron chi connectivity index (χ3n) is 1.45. The summed E-state index contributed by atoms with van der Waals surface area (Å²) in [6, 6.07) is 0. The molecule has 0 bridgehead atoms. The fourth-order valence-electron chi connectivity index (χ4n) is 0.800. The lowest BCUT2D eigenvalue weighted by Crippen LogP contribution is -1.91. The first-order valence-electron chi connectivity index (χ1n) is 3.75. The van der Waals surface area contributed by atoms with E-state index in [1.54, 1.807) is 18.7 Å². The number of rotatable bonds is 2. The molecule has 0 amide bonds. The molecule has 2 heterocycles. The summed E-state index contributed by atoms with van der Waals surface area (Å²) in [5.41, 5.74) is 0. The Bertz CT molecular complexity index is 426. The lowest BCUT2D eigenvalue weighted by Gasteiger charge is -1.97. The van der Waals surface area contributed by atoms with Crippen LogP contribution >= 0.6 is 27.7 Å². The molecule has 2 aromatic rings. The Morgan fingerprint density at radius 3 is 2.64 bits per heavy atom. The Labute approximate surface area is 93.1 Å². The highest BCUT2D eigenvalue weighted by Gasteiger charge is 2.05. The lowest BCUT2D eigenvalue weighted by molar-refractivity contribution is 0.783. The van der Waals surface area contributed by atoms with Crippen molar-refractivity contribution in [1.82, 2.24) is 24.7 Å². The second-order valence-electron chi connectivity index (χ2n) is 2.51. The molecule has 0 unspecified atom stereocenters. The minimum absolute atomic E-state index is 0.657. The topological polar surface area (TPSA) is 56.5 Å². The van der Waals surface area contributed by atoms with E-state index in [4.69, 9.17) is 0 Å². The number of aryl methyl sites for hydroxylation is 1. The van der Waals surface area contributed by atoms with E-state index in [-0.39, 0.29) is 0 Å². The first-order chi connectivity index (χ1) is 6.75. The normalized spacial score (nSPS) is 10.4. The van der Waals surface area contributed by atoms with E-state index < -0.39 is 0 Å². The van der Waals surface area contributed by atoms with Crippen LogP contribution in [-0.4, -0.2) is 24.7 Å². The molecule has 14 heavy (non-hydrogen) atoms. The smallest absolute Gasteiger partial charge is 0.198 e. The summed E-state index contributed by atoms with van der Waals surface area (Å²) >= 11 is 4.65. The van der Waals surface area contributed by atoms with Crippen LogP contribution in [0.4, 0.5) is 0 Å². The number of hydrogen-bond acceptors (Lipinski definition) is 5. The molecule has 0 radical (unpaired) electrons. The Hall–Kier alpha value is -0.950. The SMILES string of the molecule is Cn1cnnc1Sc1ncc(Br)cn1. The van der Waals surface area contributed by atoms with E-state index in [1.807, 2.05) is 11.6 Å². The van der Waals surface area contributed by atoms with Crippen LogP contribution in [0.25, 0.3) is 0 Å². The van der Waals surface area contributed by atoms with Gasteiger partial charge in [0.2, 0.25) is 0 Å². The minimum Gasteiger partial charge on any atom is -0.311 e. The van der Waals surface area contributed by atoms with E-state index in [0.29, 0.717) is 5.16 Å². The predicted molar refractivity (Wildman–Crippen MR) is 54.9 cm³/mol. The summed E-state index contributed by atoms with van der Waals surface area (Å²) in [7, 11) is 1.88. The number of halogens is 1. The van der Waals surface area contributed by atoms with Gasteiger partial charge in [0.1, 0.15) is 6.33 Å². The van der Waals surface area contributed by atoms with Crippen LogP contribution < -0.4 is 0 Å². The zero-order valence-electron chi connectivity index (χ0n) is 7.25. The van der Waals surface area contributed by atoms with Crippen molar-refractivity contribution in [3.63, 3.8) is 0 Å². The molecular weight excluding hydrogens is 266 g/mol. The average molecular weight is 272 g/mol. The maximum atomic E-state index is 4.12. The molecule has 0 aliphatic carbocycles. The van der Waals surface area contributed by atoms with Gasteiger partial charge in [-0.25, -0.2) is 9.97 Å². The molecule has 7 heteroatoms. The Balaban J connectivity index is 2.19. The fourth-order valence-corrected chi connectivity index (χ4v) is 1.66. The highest BCUT2D eigenvalue weighted by atomic mass is 79.9. The first kappa shape index (κ1) is 9.60. The van der Waals surface area contributed by atoms with Crippen LogP contribution in [0.5, 0.6) is 0 Å². The van der Waals surface area contributed by atoms with Gasteiger partial charge in [-0.2, -0.15) is 0 Å². The largest absolute Gasteiger partial charge is 0.311 e. The van der Waals surface area contributed by atoms with Crippen molar-refractivity contribution in [3.05, 3.63) is 23.2 Å². The zero-order chi connectivity index (χ0) is 9.97. The van der Waals surface area contributed by atoms with E-state index in [0.717, 1.165) is 9.63 Å². The summed E-state index contributed by atoms with van der Waals surface area (Å²) in [4.78, 5) is 8.24. The van der Waals surface area contributed by atoms with Crippen molar-refractivity contribution in [2.45, 2.75) is 10.3 Å². The highest BCUT2D eigenvalue weighted by molar-refractivity contribution is 9.10. The lowest BCUT2D eigenvalue weighted by atomic mass is 10.7. The summed E-state index contributed by atoms with van der Waals surface area (Å²) in [6.07, 6.45) is 5.04. The monoisotopic (exact) mass is 271 g/mol. The maximum absolute atomic E-state index is 4.12. The molecule has 2 rings (SSSR count). The maximum Gasteiger partial charge on any atom is 0.198 e. The quantitative estimate of drug-likeness (QED) is 0.776. The van der Waals surface area contributed by atoms with Crippen molar-refractivity contribution in [1.29, 1.82) is 0 Å². The van der Waals surface area contributed by atoms with Gasteiger partial charge in [-0.05, 0) is 27.7 Å². The Morgan fingerprint density at radius 1 is 1.36 bits per heavy atom. The molecule has 0 fully saturated rings. The summed E-state index contributed by atoms with van der Waals surface area (Å²) in [6.45, 7) is 0. The van der Waals surface area contributed by atoms with Gasteiger partial charge >= 0.3 is 0 Å². The molecule has 0 N–H and O–H groups in total. The van der Waals surface area contributed by atoms with Crippen molar-refractivity contribution < 1.29 is 0 Å². The molecule has 0 atom stereocenters. The van der Waals surface area contributed by atoms with Gasteiger partial charge in [0.15, 0.2) is 10.3 Å². The molecule has 0 aromatic carbocycles. The standard InChI is InChI=1S/C7H6BrN5S/c1-13-4-11-12-7(13)14-6-9-2-5(8)3-10-6/h2-4H,1H3. The molecule has 5 nitrogen and oxygen atoms in total. The summed E-state index contributed by atoms with van der Waals surface area (Å²) in [5, 5.41) is 9.11. The molecule has 0 aliphatic heterocycles. The van der Waals surface area contributed by atoms with Gasteiger partial charge in [-0.3, -0.25) is 0 Å². The van der Waals surface area contributed by atoms with Crippen LogP contribution in [0, 0.1) is 0 Å². The third-order valence-corrected chi connectivity index (χ3v) is 2.80. The molecule has 72 valence electrons. The van der Waals surface area contributed by atoms with E-state index in [2.05, 4.69) is 36.1 Å². The van der Waals surface area contributed by atoms with Gasteiger partial charge in [0, 0.05) is 19.4 Å². The van der Waals surface area contributed by atoms with Crippen molar-refractivity contribution in [2.24, 2.45) is 7.05 Å². The van der Waals surface area contributed by atoms with Crippen LogP contribution in [0.15, 0.2) is 33.5 Å². The van der Waals surface area contributed by atoms with Crippen molar-refractivity contribution in [3.8, 4) is 0 Å². The minimum atomic E-state index is 0.657. The first-order valence-corrected chi connectivity index (χ1v) is 5.36. The fraction of sp³-hybridized carbons (Fsp3) is 0.143. The Morgan fingerprint density at radius 2 is 2.07 bits per heavy atom. The predicted octanol–water partition coefficient (Wildman–Crippen LogP) is 1.52. The van der Waals surface area contributed by atoms with Gasteiger partial charge in [-0.15, -0.1) is 10.2 Å². The van der Waals surface area contributed by atoms with Gasteiger partial charge < -0.3 is 4.57 Å². The number of hydrogen-bond donors (Lipinski definition) is 0. The van der Waals surface area contributed by atoms with E-state index >= 15 is 0 Å². The molecule has 0 saturated carbocycles. The van der Waals surface area contributed by atoms with Gasteiger partial charge in [0.25, 0.3) is 0 Å². The number of nitrogens with zero attached hydrogens (tertiary/aromatic N) is 5. The number of aromatic nitrogens is 5. The molecule has 0 saturated heterocycles. The van der Waals surface area contributed by atoms with Crippen LogP contribution in [0.1, 0.15) is 0 Å². The second kappa shape index (κ2) is 4.05. The van der Waals surface area contributed by atoms with Crippen molar-refractivity contribution >= 4 is 27.7 Å². The van der Waals surface area contributed by atoms with Crippen LogP contribution in [-0.2, 0) is 7.05 Å². The summed E-state index contributed by atoms with van der Waals surface area (Å²) in [5.74, 6) is 0. The van der Waals surface area contributed by atoms with Gasteiger partial charge in [0.05, 0.1) is 4.47 Å². The average Bonchev–Trinajstić information content (AvgIpc) is 2.56. The zero-order valence-corrected chi connectivity index (χ0v) is 9.66. The highest BCUT2D eigenvalue weighted by Crippen LogP contribution is 2.21.